The first-order valence-corrected chi connectivity index (χ1v) is 9.82. The van der Waals surface area contributed by atoms with Gasteiger partial charge >= 0.3 is 0 Å². The van der Waals surface area contributed by atoms with Gasteiger partial charge in [0, 0.05) is 5.56 Å². The van der Waals surface area contributed by atoms with Crippen LogP contribution in [0.3, 0.4) is 0 Å². The minimum atomic E-state index is -0.362. The Hall–Kier alpha value is -3.12. The van der Waals surface area contributed by atoms with Gasteiger partial charge in [0.05, 0.1) is 10.6 Å². The van der Waals surface area contributed by atoms with Gasteiger partial charge in [-0.05, 0) is 19.4 Å². The van der Waals surface area contributed by atoms with Gasteiger partial charge in [0.1, 0.15) is 19.5 Å². The molecule has 3 aromatic rings. The number of carbonyl (C=O) groups excluding carboxylic acids is 1. The van der Waals surface area contributed by atoms with Crippen LogP contribution in [0.2, 0.25) is 0 Å². The summed E-state index contributed by atoms with van der Waals surface area (Å²) >= 11 is 1.44. The van der Waals surface area contributed by atoms with Crippen molar-refractivity contribution >= 4 is 22.4 Å². The van der Waals surface area contributed by atoms with E-state index in [0.717, 1.165) is 21.7 Å². The lowest BCUT2D eigenvalue weighted by Crippen LogP contribution is -2.21. The Kier molecular flexibility index (Phi) is 5.12. The second-order valence-electron chi connectivity index (χ2n) is 6.58. The van der Waals surface area contributed by atoms with E-state index in [1.54, 1.807) is 0 Å². The topological polar surface area (TPSA) is 60.5 Å². The number of aryl methyl sites for hydroxylation is 2. The minimum absolute atomic E-state index is 0.162. The number of nitrogens with zero attached hydrogens (tertiary/aromatic N) is 1. The molecule has 6 heteroatoms. The summed E-state index contributed by atoms with van der Waals surface area (Å²) < 4.78 is 10.5. The van der Waals surface area contributed by atoms with Crippen LogP contribution in [0.15, 0.2) is 60.6 Å². The van der Waals surface area contributed by atoms with Crippen LogP contribution in [0.25, 0.3) is 21.7 Å². The molecule has 0 unspecified atom stereocenters. The lowest BCUT2D eigenvalue weighted by Gasteiger charge is -2.14. The molecular weight excluding hydrogens is 372 g/mol. The summed E-state index contributed by atoms with van der Waals surface area (Å²) in [5, 5.41) is 3.35. The van der Waals surface area contributed by atoms with Crippen LogP contribution in [0.1, 0.15) is 11.1 Å². The summed E-state index contributed by atoms with van der Waals surface area (Å²) in [6, 6.07) is 16.5. The molecular formula is C22H20N2O3S. The van der Waals surface area contributed by atoms with Crippen molar-refractivity contribution in [2.24, 2.45) is 0 Å². The molecule has 0 bridgehead atoms. The zero-order valence-electron chi connectivity index (χ0n) is 15.7. The lowest BCUT2D eigenvalue weighted by atomic mass is 10.0. The molecule has 1 aliphatic rings. The van der Waals surface area contributed by atoms with E-state index in [1.807, 2.05) is 12.1 Å². The van der Waals surface area contributed by atoms with Crippen LogP contribution < -0.4 is 5.32 Å². The third-order valence-electron chi connectivity index (χ3n) is 4.36. The summed E-state index contributed by atoms with van der Waals surface area (Å²) in [7, 11) is 0. The molecule has 1 aromatic heterocycles. The quantitative estimate of drug-likeness (QED) is 0.685. The van der Waals surface area contributed by atoms with Crippen molar-refractivity contribution in [3.8, 4) is 21.7 Å². The van der Waals surface area contributed by atoms with Crippen molar-refractivity contribution in [1.29, 1.82) is 0 Å². The fourth-order valence-electron chi connectivity index (χ4n) is 2.83. The summed E-state index contributed by atoms with van der Waals surface area (Å²) in [5.41, 5.74) is 5.30. The fourth-order valence-corrected chi connectivity index (χ4v) is 3.82. The molecule has 0 fully saturated rings. The number of hydrogen-bond acceptors (Lipinski definition) is 5. The van der Waals surface area contributed by atoms with Crippen molar-refractivity contribution in [2.45, 2.75) is 13.8 Å². The van der Waals surface area contributed by atoms with Gasteiger partial charge in [-0.3, -0.25) is 10.1 Å². The molecule has 142 valence electrons. The molecule has 4 rings (SSSR count). The molecule has 0 saturated carbocycles. The van der Waals surface area contributed by atoms with Gasteiger partial charge in [0.15, 0.2) is 5.13 Å². The maximum atomic E-state index is 12.4. The van der Waals surface area contributed by atoms with E-state index >= 15 is 0 Å². The molecule has 1 aliphatic heterocycles. The molecule has 5 nitrogen and oxygen atoms in total. The second-order valence-corrected chi connectivity index (χ2v) is 7.58. The van der Waals surface area contributed by atoms with Gasteiger partial charge in [-0.1, -0.05) is 71.0 Å². The van der Waals surface area contributed by atoms with Crippen LogP contribution in [0, 0.1) is 13.8 Å². The van der Waals surface area contributed by atoms with E-state index in [-0.39, 0.29) is 11.7 Å². The maximum Gasteiger partial charge on any atom is 0.295 e. The Balaban J connectivity index is 1.71. The molecule has 2 aromatic carbocycles. The number of nitrogens with one attached hydrogen (secondary N) is 1. The molecule has 0 spiro atoms. The molecule has 28 heavy (non-hydrogen) atoms. The van der Waals surface area contributed by atoms with Crippen molar-refractivity contribution in [3.63, 3.8) is 0 Å². The number of hydrogen-bond donors (Lipinski definition) is 1. The first kappa shape index (κ1) is 18.3. The highest BCUT2D eigenvalue weighted by molar-refractivity contribution is 7.19. The molecule has 0 aliphatic carbocycles. The summed E-state index contributed by atoms with van der Waals surface area (Å²) in [5.74, 6) is -0.199. The van der Waals surface area contributed by atoms with Gasteiger partial charge in [0.25, 0.3) is 5.91 Å². The van der Waals surface area contributed by atoms with Crippen molar-refractivity contribution in [2.75, 3.05) is 18.5 Å². The molecule has 0 atom stereocenters. The van der Waals surface area contributed by atoms with E-state index in [2.05, 4.69) is 55.6 Å². The number of rotatable bonds is 4. The Morgan fingerprint density at radius 1 is 0.964 bits per heavy atom. The number of benzene rings is 2. The van der Waals surface area contributed by atoms with E-state index in [4.69, 9.17) is 14.5 Å². The van der Waals surface area contributed by atoms with Crippen molar-refractivity contribution in [3.05, 3.63) is 71.7 Å². The van der Waals surface area contributed by atoms with Crippen molar-refractivity contribution in [1.82, 2.24) is 4.98 Å². The molecule has 2 heterocycles. The summed E-state index contributed by atoms with van der Waals surface area (Å²) in [6.45, 7) is 4.92. The molecule has 1 N–H and O–H groups in total. The van der Waals surface area contributed by atoms with Crippen LogP contribution in [0.4, 0.5) is 5.13 Å². The highest BCUT2D eigenvalue weighted by Crippen LogP contribution is 2.39. The first-order chi connectivity index (χ1) is 13.6. The van der Waals surface area contributed by atoms with Crippen LogP contribution in [0.5, 0.6) is 0 Å². The van der Waals surface area contributed by atoms with Crippen LogP contribution in [-0.4, -0.2) is 24.1 Å². The monoisotopic (exact) mass is 392 g/mol. The summed E-state index contributed by atoms with van der Waals surface area (Å²) in [6.07, 6.45) is 1.34. The summed E-state index contributed by atoms with van der Waals surface area (Å²) in [4.78, 5) is 18.1. The van der Waals surface area contributed by atoms with Crippen LogP contribution >= 0.6 is 11.3 Å². The number of aromatic nitrogens is 1. The molecule has 0 saturated heterocycles. The first-order valence-electron chi connectivity index (χ1n) is 9.01. The lowest BCUT2D eigenvalue weighted by molar-refractivity contribution is -0.117. The zero-order chi connectivity index (χ0) is 19.5. The highest BCUT2D eigenvalue weighted by Gasteiger charge is 2.20. The predicted molar refractivity (Wildman–Crippen MR) is 111 cm³/mol. The van der Waals surface area contributed by atoms with Crippen LogP contribution in [-0.2, 0) is 14.3 Å². The van der Waals surface area contributed by atoms with Gasteiger partial charge in [0.2, 0.25) is 5.76 Å². The number of carbonyl (C=O) groups is 1. The van der Waals surface area contributed by atoms with Gasteiger partial charge in [-0.25, -0.2) is 4.98 Å². The van der Waals surface area contributed by atoms with Gasteiger partial charge < -0.3 is 9.47 Å². The largest absolute Gasteiger partial charge is 0.494 e. The van der Waals surface area contributed by atoms with E-state index in [0.29, 0.717) is 18.3 Å². The standard InChI is InChI=1S/C22H20N2O3S/c1-14-3-7-16(8-4-14)19-20(17-9-5-15(2)6-10-17)28-22(23-19)24-21(25)18-13-26-11-12-27-18/h3-10,13H,11-12H2,1-2H3,(H,23,24,25). The van der Waals surface area contributed by atoms with Gasteiger partial charge in [-0.2, -0.15) is 0 Å². The fraction of sp³-hybridized carbons (Fsp3) is 0.182. The Morgan fingerprint density at radius 2 is 1.61 bits per heavy atom. The molecule has 1 amide bonds. The molecule has 0 radical (unpaired) electrons. The predicted octanol–water partition coefficient (Wildman–Crippen LogP) is 4.92. The number of thiazole rings is 1. The van der Waals surface area contributed by atoms with Gasteiger partial charge in [-0.15, -0.1) is 0 Å². The van der Waals surface area contributed by atoms with E-state index in [1.165, 1.54) is 28.7 Å². The highest BCUT2D eigenvalue weighted by atomic mass is 32.1. The number of amides is 1. The number of anilines is 1. The normalized spacial score (nSPS) is 13.3. The third-order valence-corrected chi connectivity index (χ3v) is 5.38. The Labute approximate surface area is 167 Å². The zero-order valence-corrected chi connectivity index (χ0v) is 16.5. The number of ether oxygens (including phenoxy) is 2. The average molecular weight is 392 g/mol. The van der Waals surface area contributed by atoms with E-state index in [9.17, 15) is 4.79 Å². The Bertz CT molecular complexity index is 958. The Morgan fingerprint density at radius 3 is 2.21 bits per heavy atom. The van der Waals surface area contributed by atoms with Crippen molar-refractivity contribution < 1.29 is 14.3 Å². The third kappa shape index (κ3) is 3.92. The second kappa shape index (κ2) is 7.86. The minimum Gasteiger partial charge on any atom is -0.494 e. The maximum absolute atomic E-state index is 12.4. The average Bonchev–Trinajstić information content (AvgIpc) is 3.13. The SMILES string of the molecule is Cc1ccc(-c2nc(NC(=O)C3=COCCO3)sc2-c2ccc(C)cc2)cc1. The smallest absolute Gasteiger partial charge is 0.295 e. The van der Waals surface area contributed by atoms with E-state index < -0.39 is 0 Å².